The van der Waals surface area contributed by atoms with Crippen molar-refractivity contribution < 1.29 is 0 Å². The van der Waals surface area contributed by atoms with Gasteiger partial charge in [-0.2, -0.15) is 0 Å². The number of anilines is 1. The summed E-state index contributed by atoms with van der Waals surface area (Å²) in [6, 6.07) is 0.450. The second kappa shape index (κ2) is 6.08. The number of nitrogens with one attached hydrogen (secondary N) is 1. The quantitative estimate of drug-likeness (QED) is 0.844. The largest absolute Gasteiger partial charge is 0.353 e. The van der Waals surface area contributed by atoms with Gasteiger partial charge in [0.15, 0.2) is 0 Å². The highest BCUT2D eigenvalue weighted by atomic mass is 15.2. The van der Waals surface area contributed by atoms with E-state index >= 15 is 0 Å². The summed E-state index contributed by atoms with van der Waals surface area (Å²) in [5.74, 6) is 1.97. The van der Waals surface area contributed by atoms with Crippen LogP contribution in [0.3, 0.4) is 0 Å². The van der Waals surface area contributed by atoms with Crippen LogP contribution in [0.2, 0.25) is 0 Å². The van der Waals surface area contributed by atoms with E-state index in [0.717, 1.165) is 18.4 Å². The number of hydrogen-bond acceptors (Lipinski definition) is 2. The summed E-state index contributed by atoms with van der Waals surface area (Å²) in [4.78, 5) is 4.37. The fourth-order valence-corrected chi connectivity index (χ4v) is 2.69. The zero-order chi connectivity index (χ0) is 12.1. The van der Waals surface area contributed by atoms with E-state index in [1.165, 1.54) is 38.5 Å². The smallest absolute Gasteiger partial charge is 0.202 e. The van der Waals surface area contributed by atoms with E-state index in [2.05, 4.69) is 34.9 Å². The van der Waals surface area contributed by atoms with Gasteiger partial charge in [0.2, 0.25) is 5.95 Å². The van der Waals surface area contributed by atoms with Gasteiger partial charge in [0.05, 0.1) is 0 Å². The first-order chi connectivity index (χ1) is 8.25. The molecule has 0 aliphatic heterocycles. The third-order valence-electron chi connectivity index (χ3n) is 3.64. The maximum Gasteiger partial charge on any atom is 0.202 e. The van der Waals surface area contributed by atoms with Gasteiger partial charge < -0.3 is 9.88 Å². The fraction of sp³-hybridized carbons (Fsp3) is 0.786. The SMILES string of the molecule is CC(C)Nc1nccn1CCC1CCCCC1. The molecule has 1 aromatic heterocycles. The predicted octanol–water partition coefficient (Wildman–Crippen LogP) is 3.67. The molecule has 1 fully saturated rings. The van der Waals surface area contributed by atoms with E-state index in [4.69, 9.17) is 0 Å². The van der Waals surface area contributed by atoms with E-state index in [-0.39, 0.29) is 0 Å². The van der Waals surface area contributed by atoms with Gasteiger partial charge in [-0.25, -0.2) is 4.98 Å². The van der Waals surface area contributed by atoms with Gasteiger partial charge in [-0.1, -0.05) is 32.1 Å². The average Bonchev–Trinajstić information content (AvgIpc) is 2.74. The summed E-state index contributed by atoms with van der Waals surface area (Å²) < 4.78 is 2.26. The first-order valence-electron chi connectivity index (χ1n) is 7.03. The molecular weight excluding hydrogens is 210 g/mol. The van der Waals surface area contributed by atoms with Crippen molar-refractivity contribution >= 4 is 5.95 Å². The highest BCUT2D eigenvalue weighted by Crippen LogP contribution is 2.27. The van der Waals surface area contributed by atoms with E-state index in [1.54, 1.807) is 0 Å². The summed E-state index contributed by atoms with van der Waals surface area (Å²) in [5, 5.41) is 3.39. The Kier molecular flexibility index (Phi) is 4.46. The Balaban J connectivity index is 1.83. The fourth-order valence-electron chi connectivity index (χ4n) is 2.69. The molecule has 2 rings (SSSR count). The molecule has 0 radical (unpaired) electrons. The molecule has 17 heavy (non-hydrogen) atoms. The van der Waals surface area contributed by atoms with E-state index in [1.807, 2.05) is 6.20 Å². The van der Waals surface area contributed by atoms with Crippen LogP contribution in [-0.4, -0.2) is 15.6 Å². The van der Waals surface area contributed by atoms with Gasteiger partial charge >= 0.3 is 0 Å². The molecule has 1 aromatic rings. The highest BCUT2D eigenvalue weighted by Gasteiger charge is 2.13. The average molecular weight is 235 g/mol. The molecule has 1 aliphatic carbocycles. The number of aromatic nitrogens is 2. The summed E-state index contributed by atoms with van der Waals surface area (Å²) in [5.41, 5.74) is 0. The number of aryl methyl sites for hydroxylation is 1. The molecule has 1 saturated carbocycles. The summed E-state index contributed by atoms with van der Waals surface area (Å²) in [6.07, 6.45) is 12.5. The number of rotatable bonds is 5. The summed E-state index contributed by atoms with van der Waals surface area (Å²) in [6.45, 7) is 5.42. The van der Waals surface area contributed by atoms with Crippen LogP contribution in [0.5, 0.6) is 0 Å². The lowest BCUT2D eigenvalue weighted by atomic mass is 9.87. The first kappa shape index (κ1) is 12.5. The Morgan fingerprint density at radius 2 is 2.12 bits per heavy atom. The molecule has 1 aliphatic rings. The Labute approximate surface area is 105 Å². The van der Waals surface area contributed by atoms with Crippen molar-refractivity contribution in [3.63, 3.8) is 0 Å². The van der Waals surface area contributed by atoms with Crippen LogP contribution in [0.15, 0.2) is 12.4 Å². The summed E-state index contributed by atoms with van der Waals surface area (Å²) >= 11 is 0. The van der Waals surface area contributed by atoms with Crippen molar-refractivity contribution in [1.82, 2.24) is 9.55 Å². The molecule has 0 amide bonds. The predicted molar refractivity (Wildman–Crippen MR) is 72.2 cm³/mol. The van der Waals surface area contributed by atoms with Crippen molar-refractivity contribution in [3.8, 4) is 0 Å². The summed E-state index contributed by atoms with van der Waals surface area (Å²) in [7, 11) is 0. The minimum Gasteiger partial charge on any atom is -0.353 e. The van der Waals surface area contributed by atoms with Gasteiger partial charge in [0.1, 0.15) is 0 Å². The minimum absolute atomic E-state index is 0.450. The van der Waals surface area contributed by atoms with Crippen molar-refractivity contribution in [3.05, 3.63) is 12.4 Å². The van der Waals surface area contributed by atoms with Crippen LogP contribution in [0.25, 0.3) is 0 Å². The molecule has 0 atom stereocenters. The molecule has 3 nitrogen and oxygen atoms in total. The Morgan fingerprint density at radius 3 is 2.82 bits per heavy atom. The van der Waals surface area contributed by atoms with Crippen LogP contribution >= 0.6 is 0 Å². The molecule has 3 heteroatoms. The van der Waals surface area contributed by atoms with Crippen LogP contribution in [0, 0.1) is 5.92 Å². The van der Waals surface area contributed by atoms with Gasteiger partial charge in [0, 0.05) is 25.0 Å². The maximum atomic E-state index is 4.37. The van der Waals surface area contributed by atoms with Crippen LogP contribution < -0.4 is 5.32 Å². The van der Waals surface area contributed by atoms with E-state index in [0.29, 0.717) is 6.04 Å². The van der Waals surface area contributed by atoms with Crippen molar-refractivity contribution in [2.75, 3.05) is 5.32 Å². The van der Waals surface area contributed by atoms with Crippen LogP contribution in [-0.2, 0) is 6.54 Å². The van der Waals surface area contributed by atoms with Crippen molar-refractivity contribution in [2.45, 2.75) is 65.0 Å². The highest BCUT2D eigenvalue weighted by molar-refractivity contribution is 5.26. The van der Waals surface area contributed by atoms with Gasteiger partial charge in [-0.3, -0.25) is 0 Å². The number of nitrogens with zero attached hydrogens (tertiary/aromatic N) is 2. The molecular formula is C14H25N3. The lowest BCUT2D eigenvalue weighted by molar-refractivity contribution is 0.324. The van der Waals surface area contributed by atoms with Gasteiger partial charge in [-0.15, -0.1) is 0 Å². The van der Waals surface area contributed by atoms with E-state index < -0.39 is 0 Å². The monoisotopic (exact) mass is 235 g/mol. The molecule has 0 bridgehead atoms. The van der Waals surface area contributed by atoms with Gasteiger partial charge in [-0.05, 0) is 26.2 Å². The number of hydrogen-bond donors (Lipinski definition) is 1. The second-order valence-corrected chi connectivity index (χ2v) is 5.54. The first-order valence-corrected chi connectivity index (χ1v) is 7.03. The Hall–Kier alpha value is -0.990. The second-order valence-electron chi connectivity index (χ2n) is 5.54. The Bertz CT molecular complexity index is 324. The van der Waals surface area contributed by atoms with Crippen LogP contribution in [0.4, 0.5) is 5.95 Å². The third kappa shape index (κ3) is 3.76. The topological polar surface area (TPSA) is 29.9 Å². The maximum absolute atomic E-state index is 4.37. The zero-order valence-corrected chi connectivity index (χ0v) is 11.2. The molecule has 0 saturated heterocycles. The molecule has 0 unspecified atom stereocenters. The normalized spacial score (nSPS) is 17.6. The van der Waals surface area contributed by atoms with Gasteiger partial charge in [0.25, 0.3) is 0 Å². The Morgan fingerprint density at radius 1 is 1.35 bits per heavy atom. The molecule has 96 valence electrons. The lowest BCUT2D eigenvalue weighted by Gasteiger charge is -2.22. The van der Waals surface area contributed by atoms with E-state index in [9.17, 15) is 0 Å². The standard InChI is InChI=1S/C14H25N3/c1-12(2)16-14-15-9-11-17(14)10-8-13-6-4-3-5-7-13/h9,11-13H,3-8,10H2,1-2H3,(H,15,16). The molecule has 0 aromatic carbocycles. The van der Waals surface area contributed by atoms with Crippen molar-refractivity contribution in [1.29, 1.82) is 0 Å². The number of imidazole rings is 1. The molecule has 0 spiro atoms. The molecule has 1 N–H and O–H groups in total. The third-order valence-corrected chi connectivity index (χ3v) is 3.64. The lowest BCUT2D eigenvalue weighted by Crippen LogP contribution is -2.16. The zero-order valence-electron chi connectivity index (χ0n) is 11.2. The minimum atomic E-state index is 0.450. The van der Waals surface area contributed by atoms with Crippen molar-refractivity contribution in [2.24, 2.45) is 5.92 Å². The molecule has 1 heterocycles. The van der Waals surface area contributed by atoms with Crippen LogP contribution in [0.1, 0.15) is 52.4 Å².